The van der Waals surface area contributed by atoms with Gasteiger partial charge in [-0.15, -0.1) is 0 Å². The lowest BCUT2D eigenvalue weighted by atomic mass is 10.0. The molecule has 304 valence electrons. The molecule has 10 heteroatoms. The van der Waals surface area contributed by atoms with Gasteiger partial charge in [-0.3, -0.25) is 13.8 Å². The Morgan fingerprint density at radius 3 is 1.47 bits per heavy atom. The number of esters is 1. The van der Waals surface area contributed by atoms with E-state index >= 15 is 0 Å². The van der Waals surface area contributed by atoms with E-state index < -0.39 is 33.2 Å². The van der Waals surface area contributed by atoms with Gasteiger partial charge in [-0.25, -0.2) is 4.57 Å². The number of phosphoric acid groups is 1. The number of hydrogen-bond donors (Lipinski definition) is 3. The molecule has 0 aromatic carbocycles. The zero-order chi connectivity index (χ0) is 37.5. The minimum Gasteiger partial charge on any atom is -0.457 e. The van der Waals surface area contributed by atoms with Crippen LogP contribution < -0.4 is 0 Å². The molecule has 3 atom stereocenters. The van der Waals surface area contributed by atoms with Gasteiger partial charge in [-0.2, -0.15) is 0 Å². The van der Waals surface area contributed by atoms with Crippen LogP contribution in [0.4, 0.5) is 0 Å². The second-order valence-electron chi connectivity index (χ2n) is 14.4. The largest absolute Gasteiger partial charge is 0.472 e. The van der Waals surface area contributed by atoms with Gasteiger partial charge in [-0.05, 0) is 38.5 Å². The summed E-state index contributed by atoms with van der Waals surface area (Å²) in [7, 11) is -4.51. The quantitative estimate of drug-likeness (QED) is 0.0242. The minimum atomic E-state index is -4.51. The Labute approximate surface area is 313 Å². The molecular weight excluding hydrogens is 667 g/mol. The first-order valence-corrected chi connectivity index (χ1v) is 22.7. The van der Waals surface area contributed by atoms with Gasteiger partial charge >= 0.3 is 13.8 Å². The maximum atomic E-state index is 12.6. The molecule has 9 nitrogen and oxygen atoms in total. The molecule has 0 aromatic rings. The van der Waals surface area contributed by atoms with Crippen molar-refractivity contribution in [3.63, 3.8) is 0 Å². The van der Waals surface area contributed by atoms with Gasteiger partial charge in [0.05, 0.1) is 26.4 Å². The van der Waals surface area contributed by atoms with Gasteiger partial charge in [0, 0.05) is 13.0 Å². The van der Waals surface area contributed by atoms with Crippen molar-refractivity contribution in [1.82, 2.24) is 0 Å². The van der Waals surface area contributed by atoms with E-state index in [1.54, 1.807) is 0 Å². The van der Waals surface area contributed by atoms with Crippen LogP contribution in [0.3, 0.4) is 0 Å². The fourth-order valence-corrected chi connectivity index (χ4v) is 6.73. The van der Waals surface area contributed by atoms with E-state index in [0.717, 1.165) is 51.4 Å². The van der Waals surface area contributed by atoms with Crippen LogP contribution >= 0.6 is 7.82 Å². The van der Waals surface area contributed by atoms with Crippen molar-refractivity contribution in [2.75, 3.05) is 33.0 Å². The van der Waals surface area contributed by atoms with E-state index in [-0.39, 0.29) is 25.6 Å². The molecule has 51 heavy (non-hydrogen) atoms. The number of aliphatic hydroxyl groups excluding tert-OH is 2. The van der Waals surface area contributed by atoms with Crippen LogP contribution in [0.2, 0.25) is 0 Å². The summed E-state index contributed by atoms with van der Waals surface area (Å²) in [6.45, 7) is 3.53. The average molecular weight is 749 g/mol. The minimum absolute atomic E-state index is 0.0516. The molecule has 0 amide bonds. The maximum Gasteiger partial charge on any atom is 0.472 e. The van der Waals surface area contributed by atoms with Crippen molar-refractivity contribution < 1.29 is 43.0 Å². The molecule has 0 aliphatic heterocycles. The summed E-state index contributed by atoms with van der Waals surface area (Å²) >= 11 is 0. The summed E-state index contributed by atoms with van der Waals surface area (Å²) in [4.78, 5) is 22.5. The normalized spacial score (nSPS) is 14.2. The molecule has 0 saturated carbocycles. The van der Waals surface area contributed by atoms with Gasteiger partial charge in [0.2, 0.25) is 0 Å². The molecule has 0 aliphatic carbocycles. The van der Waals surface area contributed by atoms with Crippen molar-refractivity contribution in [3.05, 3.63) is 12.2 Å². The monoisotopic (exact) mass is 749 g/mol. The van der Waals surface area contributed by atoms with E-state index in [2.05, 4.69) is 26.0 Å². The molecule has 0 bridgehead atoms. The highest BCUT2D eigenvalue weighted by molar-refractivity contribution is 7.47. The standard InChI is InChI=1S/C41H81O9P/c1-3-5-7-9-11-13-15-17-19-21-23-25-27-29-31-33-41(44)50-40(38-49-51(45,46)48-36-39(43)35-42)37-47-34-32-30-28-26-24-22-20-18-16-14-12-10-8-6-4-2/h17,19,39-40,42-43H,3-16,18,20-38H2,1-2H3,(H,45,46)/b19-17-. The Kier molecular flexibility index (Phi) is 38.3. The molecule has 0 aromatic heterocycles. The highest BCUT2D eigenvalue weighted by Crippen LogP contribution is 2.43. The zero-order valence-electron chi connectivity index (χ0n) is 33.1. The van der Waals surface area contributed by atoms with Crippen molar-refractivity contribution in [3.8, 4) is 0 Å². The van der Waals surface area contributed by atoms with E-state index in [4.69, 9.17) is 23.6 Å². The average Bonchev–Trinajstić information content (AvgIpc) is 3.12. The summed E-state index contributed by atoms with van der Waals surface area (Å²) in [5.41, 5.74) is 0. The second kappa shape index (κ2) is 38.9. The molecule has 0 aliphatic rings. The third-order valence-electron chi connectivity index (χ3n) is 9.20. The lowest BCUT2D eigenvalue weighted by Gasteiger charge is -2.20. The number of allylic oxidation sites excluding steroid dienone is 2. The number of carbonyl (C=O) groups excluding carboxylic acids is 1. The van der Waals surface area contributed by atoms with Crippen LogP contribution in [-0.4, -0.2) is 66.3 Å². The molecule has 3 N–H and O–H groups in total. The van der Waals surface area contributed by atoms with E-state index in [9.17, 15) is 19.4 Å². The van der Waals surface area contributed by atoms with Crippen LogP contribution in [0, 0.1) is 0 Å². The Morgan fingerprint density at radius 2 is 1.00 bits per heavy atom. The van der Waals surface area contributed by atoms with Crippen molar-refractivity contribution in [1.29, 1.82) is 0 Å². The third kappa shape index (κ3) is 38.7. The van der Waals surface area contributed by atoms with E-state index in [1.165, 1.54) is 128 Å². The molecule has 0 heterocycles. The zero-order valence-corrected chi connectivity index (χ0v) is 34.0. The van der Waals surface area contributed by atoms with Gasteiger partial charge in [-0.1, -0.05) is 167 Å². The lowest BCUT2D eigenvalue weighted by molar-refractivity contribution is -0.154. The molecular formula is C41H81O9P. The van der Waals surface area contributed by atoms with Gasteiger partial charge in [0.25, 0.3) is 0 Å². The molecule has 0 spiro atoms. The maximum absolute atomic E-state index is 12.6. The molecule has 0 fully saturated rings. The predicted molar refractivity (Wildman–Crippen MR) is 210 cm³/mol. The molecule has 3 unspecified atom stereocenters. The summed E-state index contributed by atoms with van der Waals surface area (Å²) in [5.74, 6) is -0.388. The van der Waals surface area contributed by atoms with Gasteiger partial charge in [0.15, 0.2) is 0 Å². The van der Waals surface area contributed by atoms with Crippen molar-refractivity contribution in [2.24, 2.45) is 0 Å². The fraction of sp³-hybridized carbons (Fsp3) is 0.927. The topological polar surface area (TPSA) is 132 Å². The smallest absolute Gasteiger partial charge is 0.457 e. The lowest BCUT2D eigenvalue weighted by Crippen LogP contribution is -2.29. The van der Waals surface area contributed by atoms with E-state index in [1.807, 2.05) is 0 Å². The Bertz CT molecular complexity index is 810. The number of carbonyl (C=O) groups is 1. The van der Waals surface area contributed by atoms with E-state index in [0.29, 0.717) is 6.61 Å². The van der Waals surface area contributed by atoms with Gasteiger partial charge < -0.3 is 24.6 Å². The number of aliphatic hydroxyl groups is 2. The highest BCUT2D eigenvalue weighted by Gasteiger charge is 2.26. The molecule has 0 rings (SSSR count). The number of rotatable bonds is 41. The Hall–Kier alpha value is -0.800. The summed E-state index contributed by atoms with van der Waals surface area (Å²) in [5, 5.41) is 18.3. The van der Waals surface area contributed by atoms with Crippen LogP contribution in [0.1, 0.15) is 200 Å². The predicted octanol–water partition coefficient (Wildman–Crippen LogP) is 11.3. The van der Waals surface area contributed by atoms with Crippen LogP contribution in [0.15, 0.2) is 12.2 Å². The number of unbranched alkanes of at least 4 members (excludes halogenated alkanes) is 25. The number of ether oxygens (including phenoxy) is 2. The second-order valence-corrected chi connectivity index (χ2v) is 15.8. The Balaban J connectivity index is 4.17. The van der Waals surface area contributed by atoms with Crippen molar-refractivity contribution in [2.45, 2.75) is 212 Å². The first-order valence-electron chi connectivity index (χ1n) is 21.2. The fourth-order valence-electron chi connectivity index (χ4n) is 5.94. The first kappa shape index (κ1) is 50.2. The third-order valence-corrected chi connectivity index (χ3v) is 10.2. The highest BCUT2D eigenvalue weighted by atomic mass is 31.2. The van der Waals surface area contributed by atoms with Gasteiger partial charge in [0.1, 0.15) is 12.2 Å². The number of phosphoric ester groups is 1. The molecule has 0 radical (unpaired) electrons. The van der Waals surface area contributed by atoms with Crippen molar-refractivity contribution >= 4 is 13.8 Å². The Morgan fingerprint density at radius 1 is 0.588 bits per heavy atom. The van der Waals surface area contributed by atoms with Crippen LogP contribution in [0.5, 0.6) is 0 Å². The van der Waals surface area contributed by atoms with Crippen LogP contribution in [0.25, 0.3) is 0 Å². The summed E-state index contributed by atoms with van der Waals surface area (Å²) in [6, 6.07) is 0. The summed E-state index contributed by atoms with van der Waals surface area (Å²) < 4.78 is 33.3. The molecule has 0 saturated heterocycles. The SMILES string of the molecule is CCCCCCCC/C=C\CCCCCCCC(=O)OC(COCCCCCCCCCCCCCCCCC)COP(=O)(O)OCC(O)CO. The van der Waals surface area contributed by atoms with Crippen LogP contribution in [-0.2, 0) is 27.9 Å². The number of hydrogen-bond acceptors (Lipinski definition) is 8. The summed E-state index contributed by atoms with van der Waals surface area (Å²) in [6.07, 6.45) is 37.3. The first-order chi connectivity index (χ1) is 24.8.